The Morgan fingerprint density at radius 1 is 1.39 bits per heavy atom. The number of hydroxylamine groups is 2. The van der Waals surface area contributed by atoms with Gasteiger partial charge in [0, 0.05) is 11.6 Å². The molecule has 6 heteroatoms. The molecule has 1 unspecified atom stereocenters. The Labute approximate surface area is 109 Å². The number of hydrogen-bond acceptors (Lipinski definition) is 3. The normalized spacial score (nSPS) is 15.7. The summed E-state index contributed by atoms with van der Waals surface area (Å²) in [6.07, 6.45) is 5.48. The average molecular weight is 277 g/mol. The van der Waals surface area contributed by atoms with Gasteiger partial charge in [-0.3, -0.25) is 0 Å². The molecule has 0 aromatic carbocycles. The third-order valence-electron chi connectivity index (χ3n) is 2.67. The molecule has 0 rings (SSSR count). The fourth-order valence-corrected chi connectivity index (χ4v) is 2.57. The van der Waals surface area contributed by atoms with Gasteiger partial charge in [-0.25, -0.2) is 4.57 Å². The van der Waals surface area contributed by atoms with Crippen molar-refractivity contribution in [2.75, 3.05) is 0 Å². The SMILES string of the molecule is C=CCCC(C)(CC=C)N(OP(=O)(O)O)C(C)C. The van der Waals surface area contributed by atoms with Gasteiger partial charge in [-0.15, -0.1) is 13.2 Å². The van der Waals surface area contributed by atoms with E-state index in [9.17, 15) is 4.57 Å². The van der Waals surface area contributed by atoms with Crippen molar-refractivity contribution in [1.82, 2.24) is 5.06 Å². The lowest BCUT2D eigenvalue weighted by molar-refractivity contribution is -0.177. The second kappa shape index (κ2) is 7.22. The van der Waals surface area contributed by atoms with Crippen molar-refractivity contribution in [3.8, 4) is 0 Å². The van der Waals surface area contributed by atoms with Gasteiger partial charge in [0.15, 0.2) is 0 Å². The number of nitrogens with zero attached hydrogens (tertiary/aromatic N) is 1. The van der Waals surface area contributed by atoms with E-state index >= 15 is 0 Å². The van der Waals surface area contributed by atoms with E-state index in [0.29, 0.717) is 12.8 Å². The number of hydrogen-bond donors (Lipinski definition) is 2. The van der Waals surface area contributed by atoms with Crippen molar-refractivity contribution in [2.24, 2.45) is 0 Å². The van der Waals surface area contributed by atoms with Crippen molar-refractivity contribution in [3.63, 3.8) is 0 Å². The smallest absolute Gasteiger partial charge is 0.302 e. The molecule has 0 fully saturated rings. The maximum atomic E-state index is 11.1. The molecule has 0 heterocycles. The quantitative estimate of drug-likeness (QED) is 0.385. The Hall–Kier alpha value is -0.450. The molecule has 5 nitrogen and oxygen atoms in total. The zero-order valence-electron chi connectivity index (χ0n) is 11.4. The first-order chi connectivity index (χ1) is 8.16. The van der Waals surface area contributed by atoms with Crippen molar-refractivity contribution < 1.29 is 19.0 Å². The van der Waals surface area contributed by atoms with Gasteiger partial charge in [-0.1, -0.05) is 12.2 Å². The number of allylic oxidation sites excluding steroid dienone is 1. The van der Waals surface area contributed by atoms with Crippen LogP contribution in [0.2, 0.25) is 0 Å². The van der Waals surface area contributed by atoms with Crippen LogP contribution in [0.4, 0.5) is 0 Å². The molecular weight excluding hydrogens is 253 g/mol. The van der Waals surface area contributed by atoms with Crippen LogP contribution in [0.1, 0.15) is 40.0 Å². The molecule has 0 saturated heterocycles. The van der Waals surface area contributed by atoms with E-state index in [2.05, 4.69) is 13.2 Å². The third-order valence-corrected chi connectivity index (χ3v) is 3.06. The molecule has 0 aliphatic carbocycles. The van der Waals surface area contributed by atoms with Crippen LogP contribution < -0.4 is 0 Å². The Morgan fingerprint density at radius 2 is 1.94 bits per heavy atom. The lowest BCUT2D eigenvalue weighted by atomic mass is 9.90. The Morgan fingerprint density at radius 3 is 2.28 bits per heavy atom. The van der Waals surface area contributed by atoms with Crippen LogP contribution in [-0.4, -0.2) is 26.4 Å². The number of rotatable bonds is 9. The molecule has 18 heavy (non-hydrogen) atoms. The highest BCUT2D eigenvalue weighted by atomic mass is 31.2. The predicted molar refractivity (Wildman–Crippen MR) is 72.8 cm³/mol. The van der Waals surface area contributed by atoms with Crippen molar-refractivity contribution in [1.29, 1.82) is 0 Å². The van der Waals surface area contributed by atoms with Crippen LogP contribution in [0.15, 0.2) is 25.3 Å². The molecule has 0 aliphatic heterocycles. The van der Waals surface area contributed by atoms with Gasteiger partial charge < -0.3 is 9.79 Å². The molecule has 0 aliphatic rings. The summed E-state index contributed by atoms with van der Waals surface area (Å²) >= 11 is 0. The molecule has 106 valence electrons. The van der Waals surface area contributed by atoms with E-state index in [1.54, 1.807) is 12.2 Å². The summed E-state index contributed by atoms with van der Waals surface area (Å²) < 4.78 is 15.9. The molecule has 1 atom stereocenters. The summed E-state index contributed by atoms with van der Waals surface area (Å²) in [6, 6.07) is -0.160. The predicted octanol–water partition coefficient (Wildman–Crippen LogP) is 3.02. The minimum Gasteiger partial charge on any atom is -0.302 e. The van der Waals surface area contributed by atoms with E-state index in [1.165, 1.54) is 5.06 Å². The van der Waals surface area contributed by atoms with Gasteiger partial charge in [0.1, 0.15) is 0 Å². The average Bonchev–Trinajstić information content (AvgIpc) is 2.22. The number of phosphoric acid groups is 1. The highest BCUT2D eigenvalue weighted by molar-refractivity contribution is 7.46. The maximum absolute atomic E-state index is 11.1. The molecule has 0 aromatic heterocycles. The zero-order chi connectivity index (χ0) is 14.4. The minimum absolute atomic E-state index is 0.160. The second-order valence-electron chi connectivity index (χ2n) is 4.81. The molecule has 0 bridgehead atoms. The monoisotopic (exact) mass is 277 g/mol. The highest BCUT2D eigenvalue weighted by Gasteiger charge is 2.37. The van der Waals surface area contributed by atoms with Crippen LogP contribution in [0.3, 0.4) is 0 Å². The van der Waals surface area contributed by atoms with Crippen LogP contribution in [-0.2, 0) is 9.19 Å². The van der Waals surface area contributed by atoms with Gasteiger partial charge in [-0.2, -0.15) is 9.69 Å². The molecular formula is C12H24NO4P. The molecule has 0 aromatic rings. The topological polar surface area (TPSA) is 70.0 Å². The van der Waals surface area contributed by atoms with E-state index < -0.39 is 13.4 Å². The summed E-state index contributed by atoms with van der Waals surface area (Å²) in [5, 5.41) is 1.37. The molecule has 2 N–H and O–H groups in total. The van der Waals surface area contributed by atoms with Crippen molar-refractivity contribution >= 4 is 7.82 Å². The summed E-state index contributed by atoms with van der Waals surface area (Å²) in [6.45, 7) is 12.9. The van der Waals surface area contributed by atoms with Gasteiger partial charge in [0.2, 0.25) is 0 Å². The second-order valence-corrected chi connectivity index (χ2v) is 5.95. The molecule has 0 radical (unpaired) electrons. The van der Waals surface area contributed by atoms with E-state index in [-0.39, 0.29) is 6.04 Å². The van der Waals surface area contributed by atoms with Crippen LogP contribution in [0, 0.1) is 0 Å². The fourth-order valence-electron chi connectivity index (χ4n) is 1.96. The lowest BCUT2D eigenvalue weighted by Gasteiger charge is -2.41. The Bertz CT molecular complexity index is 326. The summed E-state index contributed by atoms with van der Waals surface area (Å²) in [5.74, 6) is 0. The van der Waals surface area contributed by atoms with Gasteiger partial charge in [-0.05, 0) is 40.0 Å². The fraction of sp³-hybridized carbons (Fsp3) is 0.667. The first-order valence-corrected chi connectivity index (χ1v) is 7.45. The standard InChI is InChI=1S/C12H24NO4P/c1-6-8-10-12(5,9-7-2)13(11(3)4)17-18(14,15)16/h6-7,11H,1-2,8-10H2,3-5H3,(H2,14,15,16). The van der Waals surface area contributed by atoms with Crippen LogP contribution >= 0.6 is 7.82 Å². The Balaban J connectivity index is 5.14. The molecule has 0 spiro atoms. The van der Waals surface area contributed by atoms with E-state index in [4.69, 9.17) is 14.4 Å². The third kappa shape index (κ3) is 5.94. The lowest BCUT2D eigenvalue weighted by Crippen LogP contribution is -2.49. The zero-order valence-corrected chi connectivity index (χ0v) is 12.3. The summed E-state index contributed by atoms with van der Waals surface area (Å²) in [7, 11) is -4.56. The minimum atomic E-state index is -4.56. The van der Waals surface area contributed by atoms with Gasteiger partial charge >= 0.3 is 7.82 Å². The first-order valence-electron chi connectivity index (χ1n) is 5.92. The van der Waals surface area contributed by atoms with Crippen molar-refractivity contribution in [2.45, 2.75) is 51.6 Å². The Kier molecular flexibility index (Phi) is 7.04. The maximum Gasteiger partial charge on any atom is 0.486 e. The van der Waals surface area contributed by atoms with Gasteiger partial charge in [0.05, 0.1) is 0 Å². The highest BCUT2D eigenvalue weighted by Crippen LogP contribution is 2.42. The van der Waals surface area contributed by atoms with Gasteiger partial charge in [0.25, 0.3) is 0 Å². The summed E-state index contributed by atoms with van der Waals surface area (Å²) in [5.41, 5.74) is -0.523. The first kappa shape index (κ1) is 17.6. The largest absolute Gasteiger partial charge is 0.486 e. The molecule has 0 amide bonds. The van der Waals surface area contributed by atoms with Crippen LogP contribution in [0.25, 0.3) is 0 Å². The van der Waals surface area contributed by atoms with Crippen molar-refractivity contribution in [3.05, 3.63) is 25.3 Å². The van der Waals surface area contributed by atoms with E-state index in [0.717, 1.165) is 6.42 Å². The molecule has 0 saturated carbocycles. The summed E-state index contributed by atoms with van der Waals surface area (Å²) in [4.78, 5) is 18.0. The van der Waals surface area contributed by atoms with E-state index in [1.807, 2.05) is 20.8 Å². The van der Waals surface area contributed by atoms with Crippen LogP contribution in [0.5, 0.6) is 0 Å².